The zero-order chi connectivity index (χ0) is 25.6. The standard InChI is InChI=1S/2C13H9.C7H17Si.2ClH.Zr/c2*1-3-7-12-10(5-1)9-11-6-2-4-8-13(11)12;1-3-4-5-6-7-8-2;;;/h2*1-9H;8H,3-7H2,1-2H3;2*1H;/q;;;;;+2/p-2. The van der Waals surface area contributed by atoms with Crippen LogP contribution in [0.25, 0.3) is 22.3 Å². The molecule has 0 amide bonds. The molecule has 0 bridgehead atoms. The second-order valence-electron chi connectivity index (χ2n) is 11.2. The van der Waals surface area contributed by atoms with E-state index in [0.29, 0.717) is 0 Å². The molecule has 0 fully saturated rings. The van der Waals surface area contributed by atoms with E-state index in [1.807, 2.05) is 0 Å². The van der Waals surface area contributed by atoms with Crippen molar-refractivity contribution in [2.24, 2.45) is 0 Å². The molecule has 0 aromatic heterocycles. The molecule has 4 heteroatoms. The number of hydrogen-bond acceptors (Lipinski definition) is 0. The zero-order valence-corrected chi connectivity index (χ0v) is 26.9. The Labute approximate surface area is 230 Å². The molecule has 0 nitrogen and oxygen atoms in total. The van der Waals surface area contributed by atoms with E-state index >= 15 is 0 Å². The summed E-state index contributed by atoms with van der Waals surface area (Å²) in [6.45, 7) is 4.82. The van der Waals surface area contributed by atoms with Gasteiger partial charge in [-0.25, -0.2) is 0 Å². The molecule has 1 atom stereocenters. The molecule has 0 aliphatic heterocycles. The summed E-state index contributed by atoms with van der Waals surface area (Å²) in [4.78, 5) is 0. The molecule has 4 aromatic carbocycles. The zero-order valence-electron chi connectivity index (χ0n) is 21.8. The number of halogens is 2. The van der Waals surface area contributed by atoms with Crippen LogP contribution >= 0.6 is 17.0 Å². The van der Waals surface area contributed by atoms with Crippen LogP contribution in [0.1, 0.15) is 62.1 Å². The van der Waals surface area contributed by atoms with Gasteiger partial charge in [0.15, 0.2) is 0 Å². The molecule has 189 valence electrons. The van der Waals surface area contributed by atoms with E-state index in [1.54, 1.807) is 0 Å². The fourth-order valence-corrected chi connectivity index (χ4v) is 46.8. The van der Waals surface area contributed by atoms with E-state index in [9.17, 15) is 0 Å². The molecule has 0 spiro atoms. The molecule has 2 aliphatic rings. The van der Waals surface area contributed by atoms with Crippen molar-refractivity contribution >= 4 is 22.9 Å². The third-order valence-corrected chi connectivity index (χ3v) is 59.2. The maximum absolute atomic E-state index is 8.62. The maximum atomic E-state index is 8.62. The van der Waals surface area contributed by atoms with E-state index in [4.69, 9.17) is 17.0 Å². The Balaban J connectivity index is 1.62. The van der Waals surface area contributed by atoms with Gasteiger partial charge >= 0.3 is 233 Å². The summed E-state index contributed by atoms with van der Waals surface area (Å²) in [7, 11) is 17.2. The first-order chi connectivity index (χ1) is 18.0. The number of fused-ring (bicyclic) bond motifs is 6. The van der Waals surface area contributed by atoms with Crippen molar-refractivity contribution in [3.8, 4) is 22.3 Å². The summed E-state index contributed by atoms with van der Waals surface area (Å²) in [5.41, 5.74) is 10.8. The molecule has 37 heavy (non-hydrogen) atoms. The van der Waals surface area contributed by atoms with Crippen molar-refractivity contribution in [1.82, 2.24) is 0 Å². The van der Waals surface area contributed by atoms with E-state index in [-0.39, 0.29) is 7.25 Å². The summed E-state index contributed by atoms with van der Waals surface area (Å²) >= 11 is -4.77. The van der Waals surface area contributed by atoms with Crippen LogP contribution < -0.4 is 0 Å². The van der Waals surface area contributed by atoms with Gasteiger partial charge in [0.25, 0.3) is 0 Å². The second-order valence-corrected chi connectivity index (χ2v) is 52.5. The first-order valence-electron chi connectivity index (χ1n) is 13.9. The number of hydrogen-bond donors (Lipinski definition) is 0. The van der Waals surface area contributed by atoms with Crippen molar-refractivity contribution in [3.63, 3.8) is 0 Å². The fraction of sp³-hybridized carbons (Fsp3) is 0.273. The Morgan fingerprint density at radius 1 is 0.568 bits per heavy atom. The second kappa shape index (κ2) is 9.95. The molecule has 6 rings (SSSR count). The fourth-order valence-electron chi connectivity index (χ4n) is 7.39. The molecule has 0 radical (unpaired) electrons. The monoisotopic (exact) mass is 619 g/mol. The Kier molecular flexibility index (Phi) is 6.94. The average Bonchev–Trinajstić information content (AvgIpc) is 3.45. The van der Waals surface area contributed by atoms with Gasteiger partial charge in [0.2, 0.25) is 0 Å². The van der Waals surface area contributed by atoms with Crippen LogP contribution in [0.3, 0.4) is 0 Å². The molecular weight excluding hydrogens is 587 g/mol. The van der Waals surface area contributed by atoms with E-state index < -0.39 is 21.5 Å². The molecule has 2 aliphatic carbocycles. The summed E-state index contributed by atoms with van der Waals surface area (Å²) in [5.74, 6) is -1.59. The molecule has 0 N–H and O–H groups in total. The van der Waals surface area contributed by atoms with E-state index in [1.165, 1.54) is 76.2 Å². The van der Waals surface area contributed by atoms with Crippen molar-refractivity contribution in [1.29, 1.82) is 0 Å². The van der Waals surface area contributed by atoms with Gasteiger partial charge in [0.05, 0.1) is 0 Å². The molecular formula is C33H35Cl2SiZr. The quantitative estimate of drug-likeness (QED) is 0.136. The Morgan fingerprint density at radius 2 is 0.919 bits per heavy atom. The third kappa shape index (κ3) is 3.93. The van der Waals surface area contributed by atoms with E-state index in [0.717, 1.165) is 0 Å². The van der Waals surface area contributed by atoms with Crippen LogP contribution in [0.5, 0.6) is 0 Å². The predicted molar refractivity (Wildman–Crippen MR) is 161 cm³/mol. The first-order valence-corrected chi connectivity index (χ1v) is 29.9. The van der Waals surface area contributed by atoms with Gasteiger partial charge in [-0.05, 0) is 0 Å². The van der Waals surface area contributed by atoms with Crippen LogP contribution in [0.4, 0.5) is 0 Å². The number of benzene rings is 4. The van der Waals surface area contributed by atoms with E-state index in [2.05, 4.69) is 111 Å². The van der Waals surface area contributed by atoms with Crippen molar-refractivity contribution in [3.05, 3.63) is 119 Å². The predicted octanol–water partition coefficient (Wildman–Crippen LogP) is 10.5. The van der Waals surface area contributed by atoms with Crippen molar-refractivity contribution in [2.45, 2.75) is 52.4 Å². The topological polar surface area (TPSA) is 0 Å². The molecule has 4 aromatic rings. The van der Waals surface area contributed by atoms with Crippen LogP contribution in [0.15, 0.2) is 97.1 Å². The summed E-state index contributed by atoms with van der Waals surface area (Å²) in [6.07, 6.45) is 5.07. The molecule has 0 saturated carbocycles. The summed E-state index contributed by atoms with van der Waals surface area (Å²) in [6, 6.07) is 37.0. The SMILES string of the molecule is CCCCCC[SiH](C)[Zr]([Cl])([Cl])([CH]1c2ccccc2-c2ccccc21)[CH]1c2ccccc2-c2ccccc21. The van der Waals surface area contributed by atoms with Gasteiger partial charge in [0, 0.05) is 0 Å². The van der Waals surface area contributed by atoms with Gasteiger partial charge in [-0.2, -0.15) is 0 Å². The van der Waals surface area contributed by atoms with Gasteiger partial charge in [-0.1, -0.05) is 0 Å². The Hall–Kier alpha value is -1.44. The van der Waals surface area contributed by atoms with Gasteiger partial charge < -0.3 is 0 Å². The molecule has 0 heterocycles. The van der Waals surface area contributed by atoms with Crippen LogP contribution in [-0.2, 0) is 15.6 Å². The average molecular weight is 622 g/mol. The normalized spacial score (nSPS) is 16.4. The van der Waals surface area contributed by atoms with Crippen LogP contribution in [-0.4, -0.2) is 5.92 Å². The minimum absolute atomic E-state index is 0.120. The molecule has 0 saturated heterocycles. The van der Waals surface area contributed by atoms with Crippen molar-refractivity contribution in [2.75, 3.05) is 0 Å². The van der Waals surface area contributed by atoms with Gasteiger partial charge in [0.1, 0.15) is 0 Å². The Morgan fingerprint density at radius 3 is 1.27 bits per heavy atom. The first kappa shape index (κ1) is 25.8. The number of unbranched alkanes of at least 4 members (excludes halogenated alkanes) is 3. The Bertz CT molecular complexity index is 1270. The minimum atomic E-state index is -4.77. The summed E-state index contributed by atoms with van der Waals surface area (Å²) in [5, 5.41) is 0. The van der Waals surface area contributed by atoms with Crippen molar-refractivity contribution < 1.29 is 15.6 Å². The van der Waals surface area contributed by atoms with Gasteiger partial charge in [-0.3, -0.25) is 0 Å². The van der Waals surface area contributed by atoms with Gasteiger partial charge in [-0.15, -0.1) is 0 Å². The molecule has 1 unspecified atom stereocenters. The number of rotatable bonds is 8. The van der Waals surface area contributed by atoms with Crippen LogP contribution in [0, 0.1) is 0 Å². The summed E-state index contributed by atoms with van der Waals surface area (Å²) < 4.78 is 0.239. The third-order valence-electron chi connectivity index (χ3n) is 9.20. The van der Waals surface area contributed by atoms with Crippen LogP contribution in [0.2, 0.25) is 12.6 Å².